The highest BCUT2D eigenvalue weighted by molar-refractivity contribution is 5.72. The molecule has 0 aromatic heterocycles. The summed E-state index contributed by atoms with van der Waals surface area (Å²) in [4.78, 5) is 10.3. The van der Waals surface area contributed by atoms with E-state index < -0.39 is 0 Å². The predicted molar refractivity (Wildman–Crippen MR) is 37.2 cm³/mol. The molecule has 0 saturated carbocycles. The molecular weight excluding hydrogens is 116 g/mol. The zero-order chi connectivity index (χ0) is 7.11. The number of carbonyl (C=O) groups is 1. The van der Waals surface area contributed by atoms with E-state index >= 15 is 0 Å². The average molecular weight is 130 g/mol. The van der Waals surface area contributed by atoms with Crippen LogP contribution < -0.4 is 10.6 Å². The van der Waals surface area contributed by atoms with Crippen LogP contribution in [0.3, 0.4) is 0 Å². The van der Waals surface area contributed by atoms with Crippen LogP contribution in [-0.2, 0) is 4.79 Å². The summed E-state index contributed by atoms with van der Waals surface area (Å²) < 4.78 is 0. The lowest BCUT2D eigenvalue weighted by Gasteiger charge is -2.00. The molecule has 0 bridgehead atoms. The first-order valence-electron chi connectivity index (χ1n) is 3.22. The molecule has 1 amide bonds. The van der Waals surface area contributed by atoms with E-state index in [2.05, 4.69) is 10.6 Å². The quantitative estimate of drug-likeness (QED) is 0.514. The van der Waals surface area contributed by atoms with Gasteiger partial charge in [0.2, 0.25) is 5.91 Å². The standard InChI is InChI=1S/C6H14N2O/c1-3-7-4-5-8-6(2)9/h7H,3-5H2,1-2H3,(H,8,9). The molecule has 0 aromatic rings. The Morgan fingerprint density at radius 3 is 2.56 bits per heavy atom. The Labute approximate surface area is 55.8 Å². The lowest BCUT2D eigenvalue weighted by atomic mass is 10.5. The summed E-state index contributed by atoms with van der Waals surface area (Å²) in [5.74, 6) is 0.0351. The molecule has 0 aromatic carbocycles. The maximum Gasteiger partial charge on any atom is 0.216 e. The van der Waals surface area contributed by atoms with E-state index in [1.807, 2.05) is 6.92 Å². The summed E-state index contributed by atoms with van der Waals surface area (Å²) >= 11 is 0. The number of amides is 1. The van der Waals surface area contributed by atoms with Crippen molar-refractivity contribution >= 4 is 5.91 Å². The van der Waals surface area contributed by atoms with E-state index in [1.54, 1.807) is 0 Å². The maximum absolute atomic E-state index is 10.3. The van der Waals surface area contributed by atoms with Crippen molar-refractivity contribution in [3.8, 4) is 0 Å². The molecule has 2 N–H and O–H groups in total. The van der Waals surface area contributed by atoms with Crippen molar-refractivity contribution in [3.63, 3.8) is 0 Å². The first-order valence-corrected chi connectivity index (χ1v) is 3.22. The lowest BCUT2D eigenvalue weighted by Crippen LogP contribution is -2.29. The molecule has 0 fully saturated rings. The van der Waals surface area contributed by atoms with Gasteiger partial charge in [0.1, 0.15) is 0 Å². The monoisotopic (exact) mass is 130 g/mol. The topological polar surface area (TPSA) is 41.1 Å². The summed E-state index contributed by atoms with van der Waals surface area (Å²) in [6, 6.07) is 0. The smallest absolute Gasteiger partial charge is 0.216 e. The second-order valence-electron chi connectivity index (χ2n) is 1.84. The van der Waals surface area contributed by atoms with Crippen molar-refractivity contribution in [1.29, 1.82) is 0 Å². The molecule has 0 heterocycles. The number of rotatable bonds is 4. The molecule has 0 aliphatic carbocycles. The highest BCUT2D eigenvalue weighted by Crippen LogP contribution is 1.59. The van der Waals surface area contributed by atoms with Crippen LogP contribution in [0.25, 0.3) is 0 Å². The highest BCUT2D eigenvalue weighted by atomic mass is 16.1. The SMILES string of the molecule is CCNCCNC(C)=O. The second-order valence-corrected chi connectivity index (χ2v) is 1.84. The third-order valence-electron chi connectivity index (χ3n) is 0.926. The molecule has 9 heavy (non-hydrogen) atoms. The van der Waals surface area contributed by atoms with Gasteiger partial charge in [0.05, 0.1) is 0 Å². The normalized spacial score (nSPS) is 9.11. The molecule has 0 saturated heterocycles. The number of hydrogen-bond donors (Lipinski definition) is 2. The van der Waals surface area contributed by atoms with Gasteiger partial charge < -0.3 is 10.6 Å². The fourth-order valence-corrected chi connectivity index (χ4v) is 0.504. The number of likely N-dealkylation sites (N-methyl/N-ethyl adjacent to an activating group) is 1. The van der Waals surface area contributed by atoms with E-state index in [0.29, 0.717) is 0 Å². The molecule has 3 heteroatoms. The van der Waals surface area contributed by atoms with Gasteiger partial charge in [0, 0.05) is 20.0 Å². The Morgan fingerprint density at radius 2 is 2.11 bits per heavy atom. The zero-order valence-corrected chi connectivity index (χ0v) is 6.03. The van der Waals surface area contributed by atoms with Crippen LogP contribution in [0, 0.1) is 0 Å². The van der Waals surface area contributed by atoms with Gasteiger partial charge in [-0.25, -0.2) is 0 Å². The van der Waals surface area contributed by atoms with Crippen molar-refractivity contribution < 1.29 is 4.79 Å². The summed E-state index contributed by atoms with van der Waals surface area (Å²) in [6.07, 6.45) is 0. The third kappa shape index (κ3) is 7.43. The number of nitrogens with one attached hydrogen (secondary N) is 2. The van der Waals surface area contributed by atoms with E-state index in [9.17, 15) is 4.79 Å². The molecule has 0 aliphatic rings. The van der Waals surface area contributed by atoms with Crippen molar-refractivity contribution in [2.45, 2.75) is 13.8 Å². The minimum absolute atomic E-state index is 0.0351. The molecule has 0 radical (unpaired) electrons. The number of carbonyl (C=O) groups excluding carboxylic acids is 1. The third-order valence-corrected chi connectivity index (χ3v) is 0.926. The molecule has 0 atom stereocenters. The molecule has 54 valence electrons. The first kappa shape index (κ1) is 8.43. The van der Waals surface area contributed by atoms with Crippen molar-refractivity contribution in [2.75, 3.05) is 19.6 Å². The summed E-state index contributed by atoms with van der Waals surface area (Å²) in [5, 5.41) is 5.77. The van der Waals surface area contributed by atoms with Gasteiger partial charge in [-0.2, -0.15) is 0 Å². The maximum atomic E-state index is 10.3. The molecule has 3 nitrogen and oxygen atoms in total. The van der Waals surface area contributed by atoms with Crippen LogP contribution in [0.4, 0.5) is 0 Å². The largest absolute Gasteiger partial charge is 0.355 e. The molecule has 0 unspecified atom stereocenters. The fraction of sp³-hybridized carbons (Fsp3) is 0.833. The van der Waals surface area contributed by atoms with E-state index in [1.165, 1.54) is 6.92 Å². The van der Waals surface area contributed by atoms with E-state index in [4.69, 9.17) is 0 Å². The highest BCUT2D eigenvalue weighted by Gasteiger charge is 1.86. The molecular formula is C6H14N2O. The minimum Gasteiger partial charge on any atom is -0.355 e. The van der Waals surface area contributed by atoms with Gasteiger partial charge >= 0.3 is 0 Å². The van der Waals surface area contributed by atoms with Crippen LogP contribution in [0.5, 0.6) is 0 Å². The zero-order valence-electron chi connectivity index (χ0n) is 6.03. The van der Waals surface area contributed by atoms with Gasteiger partial charge in [-0.05, 0) is 6.54 Å². The summed E-state index contributed by atoms with van der Waals surface area (Å²) in [7, 11) is 0. The van der Waals surface area contributed by atoms with E-state index in [-0.39, 0.29) is 5.91 Å². The average Bonchev–Trinajstić information content (AvgIpc) is 1.80. The predicted octanol–water partition coefficient (Wildman–Crippen LogP) is -0.268. The Bertz CT molecular complexity index is 83.1. The van der Waals surface area contributed by atoms with Crippen LogP contribution >= 0.6 is 0 Å². The van der Waals surface area contributed by atoms with Crippen LogP contribution in [0.15, 0.2) is 0 Å². The van der Waals surface area contributed by atoms with Crippen molar-refractivity contribution in [3.05, 3.63) is 0 Å². The first-order chi connectivity index (χ1) is 4.27. The molecule has 0 aliphatic heterocycles. The van der Waals surface area contributed by atoms with Crippen LogP contribution in [0.2, 0.25) is 0 Å². The Morgan fingerprint density at radius 1 is 1.44 bits per heavy atom. The molecule has 0 rings (SSSR count). The van der Waals surface area contributed by atoms with Gasteiger partial charge in [-0.15, -0.1) is 0 Å². The Balaban J connectivity index is 2.83. The van der Waals surface area contributed by atoms with Crippen LogP contribution in [0.1, 0.15) is 13.8 Å². The Hall–Kier alpha value is -0.570. The van der Waals surface area contributed by atoms with Gasteiger partial charge in [-0.1, -0.05) is 6.92 Å². The van der Waals surface area contributed by atoms with Gasteiger partial charge in [0.25, 0.3) is 0 Å². The van der Waals surface area contributed by atoms with E-state index in [0.717, 1.165) is 19.6 Å². The second kappa shape index (κ2) is 5.56. The molecule has 0 spiro atoms. The number of hydrogen-bond acceptors (Lipinski definition) is 2. The van der Waals surface area contributed by atoms with Crippen molar-refractivity contribution in [2.24, 2.45) is 0 Å². The Kier molecular flexibility index (Phi) is 5.21. The van der Waals surface area contributed by atoms with Crippen LogP contribution in [-0.4, -0.2) is 25.5 Å². The summed E-state index contributed by atoms with van der Waals surface area (Å²) in [6.45, 7) is 6.10. The van der Waals surface area contributed by atoms with Crippen molar-refractivity contribution in [1.82, 2.24) is 10.6 Å². The fourth-order valence-electron chi connectivity index (χ4n) is 0.504. The minimum atomic E-state index is 0.0351. The summed E-state index contributed by atoms with van der Waals surface area (Å²) in [5.41, 5.74) is 0. The van der Waals surface area contributed by atoms with Gasteiger partial charge in [0.15, 0.2) is 0 Å². The lowest BCUT2D eigenvalue weighted by molar-refractivity contribution is -0.118. The van der Waals surface area contributed by atoms with Gasteiger partial charge in [-0.3, -0.25) is 4.79 Å².